The second kappa shape index (κ2) is 18.4. The second-order valence-electron chi connectivity index (χ2n) is 14.5. The molecule has 0 bridgehead atoms. The van der Waals surface area contributed by atoms with Crippen LogP contribution >= 0.6 is 0 Å². The van der Waals surface area contributed by atoms with Crippen molar-refractivity contribution < 1.29 is 18.7 Å². The highest BCUT2D eigenvalue weighted by atomic mass is 16.5. The predicted octanol–water partition coefficient (Wildman–Crippen LogP) is 6.82. The standard InChI is InChI=1S/C45H55N7O4/c1-7-50(8-2)34-19-21-38-40(29-34)56-41-30-35(51(9-3)10-4)20-22-39(41)42(38)36-13-11-12-14-37(36)44(53)52-25-23-49(24-26-52)27-28-55-45(54)43(47-46)33-17-15-32(16-18-33)31-48(5)6/h11-22,29-30,43H,7-10,23-28,31H2,1-6H3/q+2. The summed E-state index contributed by atoms with van der Waals surface area (Å²) in [6.45, 7) is 16.0. The number of hydrogen-bond acceptors (Lipinski definition) is 8. The van der Waals surface area contributed by atoms with Crippen LogP contribution in [-0.2, 0) is 16.1 Å². The van der Waals surface area contributed by atoms with E-state index in [1.165, 1.54) is 0 Å². The monoisotopic (exact) mass is 757 g/mol. The number of carbonyl (C=O) groups excluding carboxylic acids is 2. The minimum atomic E-state index is -1.10. The third kappa shape index (κ3) is 8.77. The zero-order chi connectivity index (χ0) is 39.8. The van der Waals surface area contributed by atoms with Crippen molar-refractivity contribution >= 4 is 28.5 Å². The van der Waals surface area contributed by atoms with Gasteiger partial charge >= 0.3 is 12.0 Å². The van der Waals surface area contributed by atoms with E-state index in [9.17, 15) is 15.0 Å². The van der Waals surface area contributed by atoms with Gasteiger partial charge in [0.05, 0.1) is 11.6 Å². The van der Waals surface area contributed by atoms with E-state index in [-0.39, 0.29) is 12.5 Å². The Morgan fingerprint density at radius 3 is 2.25 bits per heavy atom. The summed E-state index contributed by atoms with van der Waals surface area (Å²) < 4.78 is 14.6. The minimum Gasteiger partial charge on any atom is -0.458 e. The maximum absolute atomic E-state index is 14.4. The lowest BCUT2D eigenvalue weighted by Gasteiger charge is -2.35. The largest absolute Gasteiger partial charge is 0.458 e. The molecule has 1 atom stereocenters. The van der Waals surface area contributed by atoms with Crippen LogP contribution in [0, 0.1) is 5.39 Å². The van der Waals surface area contributed by atoms with Gasteiger partial charge in [-0.2, -0.15) is 0 Å². The van der Waals surface area contributed by atoms with Crippen molar-refractivity contribution in [3.63, 3.8) is 0 Å². The third-order valence-corrected chi connectivity index (χ3v) is 10.8. The van der Waals surface area contributed by atoms with Crippen LogP contribution in [0.25, 0.3) is 38.4 Å². The van der Waals surface area contributed by atoms with E-state index >= 15 is 0 Å². The molecule has 292 valence electrons. The fourth-order valence-corrected chi connectivity index (χ4v) is 7.74. The van der Waals surface area contributed by atoms with Crippen molar-refractivity contribution in [1.29, 1.82) is 5.39 Å². The number of amides is 1. The van der Waals surface area contributed by atoms with Gasteiger partial charge in [-0.15, -0.1) is 0 Å². The first-order chi connectivity index (χ1) is 27.2. The quantitative estimate of drug-likeness (QED) is 0.0527. The molecule has 11 heteroatoms. The second-order valence-corrected chi connectivity index (χ2v) is 14.5. The Balaban J connectivity index is 1.19. The molecule has 3 aromatic rings. The van der Waals surface area contributed by atoms with Gasteiger partial charge in [-0.05, 0) is 89.3 Å². The fraction of sp³-hybridized carbons (Fsp3) is 0.400. The average Bonchev–Trinajstić information content (AvgIpc) is 3.21. The molecular formula is C45H55N7O4+2. The van der Waals surface area contributed by atoms with Crippen LogP contribution in [0.4, 0.5) is 5.69 Å². The van der Waals surface area contributed by atoms with Gasteiger partial charge in [0.15, 0.2) is 0 Å². The normalized spacial score (nSPS) is 13.9. The first kappa shape index (κ1) is 40.1. The van der Waals surface area contributed by atoms with Crippen LogP contribution < -0.4 is 14.8 Å². The van der Waals surface area contributed by atoms with E-state index in [1.54, 1.807) is 12.1 Å². The number of esters is 1. The lowest BCUT2D eigenvalue weighted by molar-refractivity contribution is -0.144. The zero-order valence-corrected chi connectivity index (χ0v) is 33.7. The number of hydrogen-bond donors (Lipinski definition) is 0. The third-order valence-electron chi connectivity index (χ3n) is 10.8. The molecule has 0 aromatic heterocycles. The minimum absolute atomic E-state index is 0.0164. The van der Waals surface area contributed by atoms with Gasteiger partial charge in [-0.1, -0.05) is 30.3 Å². The van der Waals surface area contributed by atoms with Gasteiger partial charge in [0.25, 0.3) is 5.91 Å². The summed E-state index contributed by atoms with van der Waals surface area (Å²) in [6, 6.07) is 27.0. The van der Waals surface area contributed by atoms with Crippen molar-refractivity contribution in [2.24, 2.45) is 0 Å². The van der Waals surface area contributed by atoms with E-state index in [2.05, 4.69) is 88.3 Å². The topological polar surface area (TPSA) is 101 Å². The number of carbonyl (C=O) groups is 2. The summed E-state index contributed by atoms with van der Waals surface area (Å²) >= 11 is 0. The average molecular weight is 758 g/mol. The molecule has 0 saturated carbocycles. The highest BCUT2D eigenvalue weighted by Gasteiger charge is 2.35. The number of diazo groups is 1. The lowest BCUT2D eigenvalue weighted by atomic mass is 9.90. The number of ether oxygens (including phenoxy) is 1. The number of nitrogens with zero attached hydrogens (tertiary/aromatic N) is 7. The van der Waals surface area contributed by atoms with Gasteiger partial charge in [-0.3, -0.25) is 9.69 Å². The summed E-state index contributed by atoms with van der Waals surface area (Å²) in [6.07, 6.45) is 0. The van der Waals surface area contributed by atoms with Gasteiger partial charge in [0.1, 0.15) is 36.0 Å². The zero-order valence-electron chi connectivity index (χ0n) is 33.7. The molecule has 6 rings (SSSR count). The molecule has 1 unspecified atom stereocenters. The maximum atomic E-state index is 14.4. The van der Waals surface area contributed by atoms with Crippen molar-refractivity contribution in [3.05, 3.63) is 112 Å². The molecule has 56 heavy (non-hydrogen) atoms. The number of piperazine rings is 1. The van der Waals surface area contributed by atoms with E-state index in [4.69, 9.17) is 9.15 Å². The SMILES string of the molecule is CCN(CC)c1ccc2c(-c3ccccc3C(=O)N3CCN(CCOC(=O)C([N+]#N)c4ccc(CN(C)C)cc4)CC3)c3ccc(=[N+](CC)CC)cc-3oc2c1. The van der Waals surface area contributed by atoms with E-state index in [0.29, 0.717) is 43.9 Å². The number of rotatable bonds is 14. The first-order valence-corrected chi connectivity index (χ1v) is 19.9. The molecule has 1 aliphatic carbocycles. The van der Waals surface area contributed by atoms with Gasteiger partial charge < -0.3 is 23.9 Å². The summed E-state index contributed by atoms with van der Waals surface area (Å²) in [5.41, 5.74) is 7.02. The van der Waals surface area contributed by atoms with Crippen molar-refractivity contribution in [2.75, 3.05) is 84.5 Å². The van der Waals surface area contributed by atoms with E-state index in [0.717, 1.165) is 82.8 Å². The van der Waals surface area contributed by atoms with Gasteiger partial charge in [-0.25, -0.2) is 9.37 Å². The number of anilines is 1. The highest BCUT2D eigenvalue weighted by Crippen LogP contribution is 2.42. The molecule has 2 heterocycles. The lowest BCUT2D eigenvalue weighted by Crippen LogP contribution is -2.49. The Morgan fingerprint density at radius 1 is 0.875 bits per heavy atom. The Kier molecular flexibility index (Phi) is 13.2. The Bertz CT molecular complexity index is 2220. The molecule has 0 N–H and O–H groups in total. The smallest absolute Gasteiger partial charge is 0.433 e. The van der Waals surface area contributed by atoms with Crippen LogP contribution in [0.5, 0.6) is 0 Å². The van der Waals surface area contributed by atoms with Crippen molar-refractivity contribution in [3.8, 4) is 22.5 Å². The van der Waals surface area contributed by atoms with E-state index in [1.807, 2.05) is 55.4 Å². The molecular weight excluding hydrogens is 703 g/mol. The maximum Gasteiger partial charge on any atom is 0.433 e. The number of benzene rings is 4. The van der Waals surface area contributed by atoms with Crippen molar-refractivity contribution in [2.45, 2.75) is 40.3 Å². The number of fused-ring (bicyclic) bond motifs is 2. The molecule has 0 spiro atoms. The molecule has 3 aliphatic rings. The Hall–Kier alpha value is -5.57. The molecule has 1 saturated heterocycles. The predicted molar refractivity (Wildman–Crippen MR) is 223 cm³/mol. The Morgan fingerprint density at radius 2 is 1.59 bits per heavy atom. The summed E-state index contributed by atoms with van der Waals surface area (Å²) in [4.78, 5) is 39.1. The molecule has 3 aromatic carbocycles. The van der Waals surface area contributed by atoms with Gasteiger partial charge in [0.2, 0.25) is 10.8 Å². The van der Waals surface area contributed by atoms with Crippen LogP contribution in [0.15, 0.2) is 89.3 Å². The van der Waals surface area contributed by atoms with Crippen LogP contribution in [0.2, 0.25) is 0 Å². The van der Waals surface area contributed by atoms with Gasteiger partial charge in [0, 0.05) is 92.3 Å². The first-order valence-electron chi connectivity index (χ1n) is 19.9. The summed E-state index contributed by atoms with van der Waals surface area (Å²) in [5.74, 6) is 0.167. The van der Waals surface area contributed by atoms with Crippen molar-refractivity contribution in [1.82, 2.24) is 19.3 Å². The molecule has 1 amide bonds. The van der Waals surface area contributed by atoms with Crippen LogP contribution in [0.3, 0.4) is 0 Å². The van der Waals surface area contributed by atoms with Crippen LogP contribution in [0.1, 0.15) is 55.2 Å². The molecule has 0 radical (unpaired) electrons. The summed E-state index contributed by atoms with van der Waals surface area (Å²) in [5, 5.41) is 11.7. The summed E-state index contributed by atoms with van der Waals surface area (Å²) in [7, 11) is 3.98. The molecule has 2 aliphatic heterocycles. The molecule has 11 nitrogen and oxygen atoms in total. The highest BCUT2D eigenvalue weighted by molar-refractivity contribution is 6.09. The Labute approximate surface area is 330 Å². The van der Waals surface area contributed by atoms with Crippen LogP contribution in [-0.4, -0.2) is 106 Å². The fourth-order valence-electron chi connectivity index (χ4n) is 7.74. The molecule has 1 fully saturated rings. The van der Waals surface area contributed by atoms with E-state index < -0.39 is 12.0 Å².